The van der Waals surface area contributed by atoms with Crippen molar-refractivity contribution in [2.45, 2.75) is 19.4 Å². The van der Waals surface area contributed by atoms with E-state index < -0.39 is 5.41 Å². The summed E-state index contributed by atoms with van der Waals surface area (Å²) >= 11 is 0. The first-order valence-electron chi connectivity index (χ1n) is 10.6. The molecule has 1 atom stereocenters. The SMILES string of the molecule is CN(C)C(=O)C1(Cc2ccc(-c3cccnc3)cc2)CCN(Cc2cccc(F)c2)C1. The molecular formula is C26H28FN3O. The summed E-state index contributed by atoms with van der Waals surface area (Å²) in [5.74, 6) is -0.0633. The summed E-state index contributed by atoms with van der Waals surface area (Å²) in [4.78, 5) is 21.4. The number of halogens is 1. The van der Waals surface area contributed by atoms with Crippen LogP contribution >= 0.6 is 0 Å². The zero-order chi connectivity index (χ0) is 21.8. The predicted octanol–water partition coefficient (Wildman–Crippen LogP) is 4.41. The van der Waals surface area contributed by atoms with E-state index >= 15 is 0 Å². The summed E-state index contributed by atoms with van der Waals surface area (Å²) in [6, 6.07) is 19.1. The zero-order valence-corrected chi connectivity index (χ0v) is 18.1. The van der Waals surface area contributed by atoms with E-state index in [1.807, 2.05) is 38.5 Å². The molecule has 31 heavy (non-hydrogen) atoms. The fourth-order valence-electron chi connectivity index (χ4n) is 4.59. The van der Waals surface area contributed by atoms with E-state index in [2.05, 4.69) is 34.1 Å². The molecule has 1 aromatic heterocycles. The lowest BCUT2D eigenvalue weighted by atomic mass is 9.79. The first-order valence-corrected chi connectivity index (χ1v) is 10.6. The second-order valence-corrected chi connectivity index (χ2v) is 8.69. The zero-order valence-electron chi connectivity index (χ0n) is 18.1. The Labute approximate surface area is 183 Å². The predicted molar refractivity (Wildman–Crippen MR) is 121 cm³/mol. The quantitative estimate of drug-likeness (QED) is 0.596. The monoisotopic (exact) mass is 417 g/mol. The van der Waals surface area contributed by atoms with E-state index in [-0.39, 0.29) is 11.7 Å². The number of hydrogen-bond acceptors (Lipinski definition) is 3. The minimum absolute atomic E-state index is 0.158. The Morgan fingerprint density at radius 2 is 1.87 bits per heavy atom. The summed E-state index contributed by atoms with van der Waals surface area (Å²) in [7, 11) is 3.65. The van der Waals surface area contributed by atoms with E-state index in [0.717, 1.165) is 35.2 Å². The number of aromatic nitrogens is 1. The number of likely N-dealkylation sites (tertiary alicyclic amines) is 1. The molecule has 1 aliphatic heterocycles. The first kappa shape index (κ1) is 21.2. The lowest BCUT2D eigenvalue weighted by molar-refractivity contribution is -0.138. The van der Waals surface area contributed by atoms with Gasteiger partial charge in [-0.2, -0.15) is 0 Å². The Morgan fingerprint density at radius 1 is 1.06 bits per heavy atom. The minimum Gasteiger partial charge on any atom is -0.348 e. The highest BCUT2D eigenvalue weighted by Gasteiger charge is 2.45. The van der Waals surface area contributed by atoms with Gasteiger partial charge in [0.05, 0.1) is 5.41 Å². The van der Waals surface area contributed by atoms with Crippen molar-refractivity contribution in [3.05, 3.63) is 90.0 Å². The molecule has 5 heteroatoms. The molecule has 0 saturated carbocycles. The normalized spacial score (nSPS) is 18.8. The molecule has 1 unspecified atom stereocenters. The van der Waals surface area contributed by atoms with Gasteiger partial charge < -0.3 is 4.90 Å². The number of hydrogen-bond donors (Lipinski definition) is 0. The molecular weight excluding hydrogens is 389 g/mol. The number of benzene rings is 2. The lowest BCUT2D eigenvalue weighted by Gasteiger charge is -2.31. The van der Waals surface area contributed by atoms with Gasteiger partial charge in [-0.25, -0.2) is 4.39 Å². The largest absolute Gasteiger partial charge is 0.348 e. The summed E-state index contributed by atoms with van der Waals surface area (Å²) < 4.78 is 13.6. The average molecular weight is 418 g/mol. The highest BCUT2D eigenvalue weighted by molar-refractivity contribution is 5.83. The molecule has 2 heterocycles. The number of nitrogens with zero attached hydrogens (tertiary/aromatic N) is 3. The van der Waals surface area contributed by atoms with Crippen LogP contribution in [0.1, 0.15) is 17.5 Å². The highest BCUT2D eigenvalue weighted by Crippen LogP contribution is 2.37. The van der Waals surface area contributed by atoms with Gasteiger partial charge >= 0.3 is 0 Å². The van der Waals surface area contributed by atoms with Crippen LogP contribution in [-0.4, -0.2) is 47.9 Å². The van der Waals surface area contributed by atoms with Crippen molar-refractivity contribution in [1.82, 2.24) is 14.8 Å². The Morgan fingerprint density at radius 3 is 2.55 bits per heavy atom. The van der Waals surface area contributed by atoms with E-state index in [1.165, 1.54) is 6.07 Å². The van der Waals surface area contributed by atoms with Crippen molar-refractivity contribution in [2.24, 2.45) is 5.41 Å². The topological polar surface area (TPSA) is 36.4 Å². The fourth-order valence-corrected chi connectivity index (χ4v) is 4.59. The molecule has 3 aromatic rings. The van der Waals surface area contributed by atoms with Crippen LogP contribution in [0.4, 0.5) is 4.39 Å². The van der Waals surface area contributed by atoms with Crippen LogP contribution in [0, 0.1) is 11.2 Å². The standard InChI is InChI=1S/C26H28FN3O/c1-29(2)25(31)26(12-14-30(19-26)18-21-5-3-7-24(27)15-21)16-20-8-10-22(11-9-20)23-6-4-13-28-17-23/h3-11,13,15,17H,12,14,16,18-19H2,1-2H3. The molecule has 160 valence electrons. The highest BCUT2D eigenvalue weighted by atomic mass is 19.1. The van der Waals surface area contributed by atoms with Crippen LogP contribution in [-0.2, 0) is 17.8 Å². The summed E-state index contributed by atoms with van der Waals surface area (Å²) in [6.45, 7) is 2.15. The third-order valence-corrected chi connectivity index (χ3v) is 6.08. The Bertz CT molecular complexity index is 1040. The Balaban J connectivity index is 1.52. The van der Waals surface area contributed by atoms with E-state index in [1.54, 1.807) is 23.2 Å². The lowest BCUT2D eigenvalue weighted by Crippen LogP contribution is -2.43. The van der Waals surface area contributed by atoms with Crippen molar-refractivity contribution in [3.8, 4) is 11.1 Å². The Kier molecular flexibility index (Phi) is 6.14. The third-order valence-electron chi connectivity index (χ3n) is 6.08. The summed E-state index contributed by atoms with van der Waals surface area (Å²) in [5, 5.41) is 0. The van der Waals surface area contributed by atoms with Gasteiger partial charge in [-0.05, 0) is 59.8 Å². The number of amides is 1. The smallest absolute Gasteiger partial charge is 0.229 e. The second kappa shape index (κ2) is 8.98. The van der Waals surface area contributed by atoms with Gasteiger partial charge in [0.25, 0.3) is 0 Å². The molecule has 0 radical (unpaired) electrons. The van der Waals surface area contributed by atoms with Crippen LogP contribution in [0.25, 0.3) is 11.1 Å². The molecule has 1 saturated heterocycles. The first-order chi connectivity index (χ1) is 14.9. The molecule has 4 rings (SSSR count). The summed E-state index contributed by atoms with van der Waals surface area (Å²) in [6.07, 6.45) is 5.11. The number of carbonyl (C=O) groups excluding carboxylic acids is 1. The van der Waals surface area contributed by atoms with Gasteiger partial charge in [-0.1, -0.05) is 42.5 Å². The third kappa shape index (κ3) is 4.83. The molecule has 0 N–H and O–H groups in total. The molecule has 0 bridgehead atoms. The maximum atomic E-state index is 13.6. The van der Waals surface area contributed by atoms with Crippen LogP contribution < -0.4 is 0 Å². The van der Waals surface area contributed by atoms with Gasteiger partial charge in [-0.15, -0.1) is 0 Å². The molecule has 0 spiro atoms. The van der Waals surface area contributed by atoms with Gasteiger partial charge in [-0.3, -0.25) is 14.7 Å². The van der Waals surface area contributed by atoms with Gasteiger partial charge in [0.15, 0.2) is 0 Å². The Hall–Kier alpha value is -3.05. The van der Waals surface area contributed by atoms with Crippen LogP contribution in [0.3, 0.4) is 0 Å². The van der Waals surface area contributed by atoms with Gasteiger partial charge in [0.1, 0.15) is 5.82 Å². The molecule has 0 aliphatic carbocycles. The molecule has 1 fully saturated rings. The number of rotatable bonds is 6. The van der Waals surface area contributed by atoms with Crippen molar-refractivity contribution < 1.29 is 9.18 Å². The fraction of sp³-hybridized carbons (Fsp3) is 0.308. The molecule has 1 aliphatic rings. The summed E-state index contributed by atoms with van der Waals surface area (Å²) in [5.41, 5.74) is 3.82. The van der Waals surface area contributed by atoms with Crippen LogP contribution in [0.2, 0.25) is 0 Å². The molecule has 2 aromatic carbocycles. The van der Waals surface area contributed by atoms with E-state index in [9.17, 15) is 9.18 Å². The second-order valence-electron chi connectivity index (χ2n) is 8.69. The van der Waals surface area contributed by atoms with Gasteiger partial charge in [0.2, 0.25) is 5.91 Å². The van der Waals surface area contributed by atoms with E-state index in [4.69, 9.17) is 0 Å². The molecule has 1 amide bonds. The van der Waals surface area contributed by atoms with Crippen molar-refractivity contribution in [2.75, 3.05) is 27.2 Å². The van der Waals surface area contributed by atoms with Crippen LogP contribution in [0.5, 0.6) is 0 Å². The minimum atomic E-state index is -0.466. The maximum Gasteiger partial charge on any atom is 0.229 e. The van der Waals surface area contributed by atoms with Gasteiger partial charge in [0, 0.05) is 39.6 Å². The average Bonchev–Trinajstić information content (AvgIpc) is 3.17. The van der Waals surface area contributed by atoms with Crippen molar-refractivity contribution >= 4 is 5.91 Å². The van der Waals surface area contributed by atoms with Crippen molar-refractivity contribution in [3.63, 3.8) is 0 Å². The maximum absolute atomic E-state index is 13.6. The van der Waals surface area contributed by atoms with E-state index in [0.29, 0.717) is 19.5 Å². The van der Waals surface area contributed by atoms with Crippen molar-refractivity contribution in [1.29, 1.82) is 0 Å². The number of carbonyl (C=O) groups is 1. The number of pyridine rings is 1. The molecule has 4 nitrogen and oxygen atoms in total. The van der Waals surface area contributed by atoms with Crippen LogP contribution in [0.15, 0.2) is 73.1 Å².